The van der Waals surface area contributed by atoms with Crippen molar-refractivity contribution in [2.45, 2.75) is 45.3 Å². The van der Waals surface area contributed by atoms with Crippen LogP contribution in [0, 0.1) is 5.82 Å². The van der Waals surface area contributed by atoms with Gasteiger partial charge < -0.3 is 15.4 Å². The smallest absolute Gasteiger partial charge is 0.408 e. The number of hydrogen-bond donors (Lipinski definition) is 2. The number of carbonyl (C=O) groups is 2. The van der Waals surface area contributed by atoms with Crippen LogP contribution in [0.3, 0.4) is 0 Å². The normalized spacial score (nSPS) is 12.1. The van der Waals surface area contributed by atoms with Gasteiger partial charge in [0.2, 0.25) is 5.91 Å². The van der Waals surface area contributed by atoms with Gasteiger partial charge in [0.25, 0.3) is 0 Å². The maximum Gasteiger partial charge on any atom is 0.408 e. The molecule has 28 heavy (non-hydrogen) atoms. The number of alkyl carbamates (subject to hydrolysis) is 1. The largest absolute Gasteiger partial charge is 0.444 e. The van der Waals surface area contributed by atoms with Gasteiger partial charge in [-0.05, 0) is 44.4 Å². The van der Waals surface area contributed by atoms with Crippen LogP contribution in [0.5, 0.6) is 0 Å². The number of rotatable bonds is 7. The van der Waals surface area contributed by atoms with Crippen molar-refractivity contribution in [3.05, 3.63) is 71.5 Å². The summed E-state index contributed by atoms with van der Waals surface area (Å²) < 4.78 is 19.0. The van der Waals surface area contributed by atoms with E-state index in [-0.39, 0.29) is 18.3 Å². The third kappa shape index (κ3) is 7.39. The molecule has 0 saturated carbocycles. The van der Waals surface area contributed by atoms with Gasteiger partial charge in [-0.2, -0.15) is 0 Å². The summed E-state index contributed by atoms with van der Waals surface area (Å²) >= 11 is 0. The molecule has 6 heteroatoms. The highest BCUT2D eigenvalue weighted by molar-refractivity contribution is 5.86. The fraction of sp³-hybridized carbons (Fsp3) is 0.364. The van der Waals surface area contributed by atoms with Gasteiger partial charge in [-0.15, -0.1) is 0 Å². The van der Waals surface area contributed by atoms with Gasteiger partial charge in [0.15, 0.2) is 0 Å². The zero-order valence-electron chi connectivity index (χ0n) is 16.5. The van der Waals surface area contributed by atoms with Crippen molar-refractivity contribution >= 4 is 12.0 Å². The summed E-state index contributed by atoms with van der Waals surface area (Å²) in [4.78, 5) is 24.8. The second-order valence-electron chi connectivity index (χ2n) is 7.52. The van der Waals surface area contributed by atoms with Gasteiger partial charge in [-0.25, -0.2) is 9.18 Å². The van der Waals surface area contributed by atoms with Crippen LogP contribution in [0.15, 0.2) is 54.6 Å². The molecule has 0 aromatic heterocycles. The van der Waals surface area contributed by atoms with Crippen molar-refractivity contribution < 1.29 is 18.7 Å². The zero-order chi connectivity index (χ0) is 20.6. The molecule has 0 unspecified atom stereocenters. The predicted molar refractivity (Wildman–Crippen MR) is 106 cm³/mol. The average molecular weight is 386 g/mol. The quantitative estimate of drug-likeness (QED) is 0.764. The number of ether oxygens (including phenoxy) is 1. The lowest BCUT2D eigenvalue weighted by Gasteiger charge is -2.23. The molecule has 0 saturated heterocycles. The lowest BCUT2D eigenvalue weighted by molar-refractivity contribution is -0.123. The predicted octanol–water partition coefficient (Wildman–Crippen LogP) is 3.62. The second-order valence-corrected chi connectivity index (χ2v) is 7.52. The van der Waals surface area contributed by atoms with Gasteiger partial charge in [0.05, 0.1) is 0 Å². The lowest BCUT2D eigenvalue weighted by atomic mass is 10.1. The van der Waals surface area contributed by atoms with Gasteiger partial charge in [-0.1, -0.05) is 48.5 Å². The summed E-state index contributed by atoms with van der Waals surface area (Å²) in [5.41, 5.74) is 0.776. The number of nitrogens with one attached hydrogen (secondary N) is 2. The van der Waals surface area contributed by atoms with Crippen molar-refractivity contribution in [2.24, 2.45) is 0 Å². The van der Waals surface area contributed by atoms with Gasteiger partial charge in [0, 0.05) is 13.0 Å². The molecule has 0 heterocycles. The van der Waals surface area contributed by atoms with E-state index in [1.807, 2.05) is 30.3 Å². The Kier molecular flexibility index (Phi) is 7.55. The molecule has 0 radical (unpaired) electrons. The minimum absolute atomic E-state index is 0.265. The highest BCUT2D eigenvalue weighted by Crippen LogP contribution is 2.09. The first-order valence-corrected chi connectivity index (χ1v) is 9.29. The van der Waals surface area contributed by atoms with E-state index < -0.39 is 17.7 Å². The Labute approximate surface area is 165 Å². The second kappa shape index (κ2) is 9.88. The molecule has 2 aromatic carbocycles. The van der Waals surface area contributed by atoms with Crippen molar-refractivity contribution in [1.82, 2.24) is 10.6 Å². The molecule has 0 aliphatic carbocycles. The topological polar surface area (TPSA) is 67.4 Å². The Balaban J connectivity index is 1.99. The summed E-state index contributed by atoms with van der Waals surface area (Å²) in [6, 6.07) is 15.0. The monoisotopic (exact) mass is 386 g/mol. The average Bonchev–Trinajstić information content (AvgIpc) is 2.62. The van der Waals surface area contributed by atoms with Gasteiger partial charge in [0.1, 0.15) is 17.5 Å². The highest BCUT2D eigenvalue weighted by Gasteiger charge is 2.24. The van der Waals surface area contributed by atoms with E-state index in [0.29, 0.717) is 18.4 Å². The zero-order valence-corrected chi connectivity index (χ0v) is 16.5. The fourth-order valence-electron chi connectivity index (χ4n) is 2.65. The Morgan fingerprint density at radius 1 is 1.04 bits per heavy atom. The lowest BCUT2D eigenvalue weighted by Crippen LogP contribution is -2.49. The number of halogens is 1. The summed E-state index contributed by atoms with van der Waals surface area (Å²) in [5, 5.41) is 5.41. The number of amides is 2. The molecule has 0 fully saturated rings. The van der Waals surface area contributed by atoms with Gasteiger partial charge in [-0.3, -0.25) is 4.79 Å². The molecular weight excluding hydrogens is 359 g/mol. The number of hydrogen-bond acceptors (Lipinski definition) is 3. The summed E-state index contributed by atoms with van der Waals surface area (Å²) in [5.74, 6) is -0.643. The molecule has 2 aromatic rings. The van der Waals surface area contributed by atoms with E-state index in [1.54, 1.807) is 39.0 Å². The molecule has 0 aliphatic rings. The fourth-order valence-corrected chi connectivity index (χ4v) is 2.65. The standard InChI is InChI=1S/C22H27FN2O3/c1-22(2,3)28-21(27)25-19(15-16-9-5-4-6-10-16)20(26)24-14-13-17-11-7-8-12-18(17)23/h4-12,19H,13-15H2,1-3H3,(H,24,26)(H,25,27)/t19-/m1/s1. The Morgan fingerprint density at radius 3 is 2.32 bits per heavy atom. The first kappa shape index (κ1) is 21.4. The molecule has 2 rings (SSSR count). The van der Waals surface area contributed by atoms with Crippen LogP contribution in [0.25, 0.3) is 0 Å². The first-order valence-electron chi connectivity index (χ1n) is 9.29. The van der Waals surface area contributed by atoms with E-state index in [9.17, 15) is 14.0 Å². The molecule has 2 amide bonds. The summed E-state index contributed by atoms with van der Waals surface area (Å²) in [7, 11) is 0. The van der Waals surface area contributed by atoms with Crippen molar-refractivity contribution in [1.29, 1.82) is 0 Å². The van der Waals surface area contributed by atoms with E-state index in [4.69, 9.17) is 4.74 Å². The third-order valence-corrected chi connectivity index (χ3v) is 3.94. The maximum atomic E-state index is 13.7. The molecule has 5 nitrogen and oxygen atoms in total. The molecular formula is C22H27FN2O3. The van der Waals surface area contributed by atoms with Crippen LogP contribution in [0.4, 0.5) is 9.18 Å². The minimum Gasteiger partial charge on any atom is -0.444 e. The van der Waals surface area contributed by atoms with Crippen LogP contribution in [0.1, 0.15) is 31.9 Å². The van der Waals surface area contributed by atoms with E-state index in [0.717, 1.165) is 5.56 Å². The van der Waals surface area contributed by atoms with Crippen LogP contribution < -0.4 is 10.6 Å². The van der Waals surface area contributed by atoms with Crippen LogP contribution in [0.2, 0.25) is 0 Å². The van der Waals surface area contributed by atoms with E-state index >= 15 is 0 Å². The van der Waals surface area contributed by atoms with Crippen LogP contribution in [-0.4, -0.2) is 30.2 Å². The Bertz CT molecular complexity index is 788. The van der Waals surface area contributed by atoms with Crippen LogP contribution >= 0.6 is 0 Å². The number of benzene rings is 2. The summed E-state index contributed by atoms with van der Waals surface area (Å²) in [6.45, 7) is 5.54. The Morgan fingerprint density at radius 2 is 1.68 bits per heavy atom. The maximum absolute atomic E-state index is 13.7. The van der Waals surface area contributed by atoms with Crippen molar-refractivity contribution in [3.63, 3.8) is 0 Å². The molecule has 0 bridgehead atoms. The highest BCUT2D eigenvalue weighted by atomic mass is 19.1. The SMILES string of the molecule is CC(C)(C)OC(=O)N[C@H](Cc1ccccc1)C(=O)NCCc1ccccc1F. The third-order valence-electron chi connectivity index (χ3n) is 3.94. The van der Waals surface area contributed by atoms with Crippen molar-refractivity contribution in [2.75, 3.05) is 6.54 Å². The van der Waals surface area contributed by atoms with Gasteiger partial charge >= 0.3 is 6.09 Å². The first-order chi connectivity index (χ1) is 13.2. The van der Waals surface area contributed by atoms with Crippen LogP contribution in [-0.2, 0) is 22.4 Å². The van der Waals surface area contributed by atoms with E-state index in [2.05, 4.69) is 10.6 Å². The molecule has 1 atom stereocenters. The molecule has 150 valence electrons. The Hall–Kier alpha value is -2.89. The van der Waals surface area contributed by atoms with Crippen molar-refractivity contribution in [3.8, 4) is 0 Å². The minimum atomic E-state index is -0.794. The van der Waals surface area contributed by atoms with E-state index in [1.165, 1.54) is 6.07 Å². The number of carbonyl (C=O) groups excluding carboxylic acids is 2. The molecule has 0 aliphatic heterocycles. The molecule has 0 spiro atoms. The molecule has 2 N–H and O–H groups in total. The summed E-state index contributed by atoms with van der Waals surface area (Å²) in [6.07, 6.45) is 0.0341.